The maximum Gasteiger partial charge on any atom is 0.351 e. The monoisotopic (exact) mass is 341 g/mol. The zero-order valence-electron chi connectivity index (χ0n) is 10.7. The molecule has 0 saturated carbocycles. The zero-order valence-corrected chi connectivity index (χ0v) is 12.3. The second-order valence-electron chi connectivity index (χ2n) is 4.82. The van der Waals surface area contributed by atoms with Gasteiger partial charge in [-0.2, -0.15) is 0 Å². The molecule has 0 aliphatic carbocycles. The lowest BCUT2D eigenvalue weighted by Gasteiger charge is -2.20. The van der Waals surface area contributed by atoms with E-state index in [4.69, 9.17) is 19.4 Å². The standard InChI is InChI=1S/C13H12BrNO5/c1-13(12(16)17)6-9(15-20-13)7-4-8(14)11-10(5-7)18-2-3-19-11/h4-5H,2-3,6H2,1H3,(H,16,17). The molecule has 6 nitrogen and oxygen atoms in total. The van der Waals surface area contributed by atoms with Crippen molar-refractivity contribution in [3.05, 3.63) is 22.2 Å². The number of ether oxygens (including phenoxy) is 2. The summed E-state index contributed by atoms with van der Waals surface area (Å²) in [6.45, 7) is 2.49. The predicted octanol–water partition coefficient (Wildman–Crippen LogP) is 2.19. The largest absolute Gasteiger partial charge is 0.486 e. The van der Waals surface area contributed by atoms with E-state index in [0.29, 0.717) is 30.4 Å². The average molecular weight is 342 g/mol. The summed E-state index contributed by atoms with van der Waals surface area (Å²) in [5, 5.41) is 13.0. The van der Waals surface area contributed by atoms with E-state index in [1.54, 1.807) is 6.07 Å². The number of fused-ring (bicyclic) bond motifs is 1. The molecule has 0 saturated heterocycles. The van der Waals surface area contributed by atoms with Crippen LogP contribution in [0.2, 0.25) is 0 Å². The smallest absolute Gasteiger partial charge is 0.351 e. The number of rotatable bonds is 2. The summed E-state index contributed by atoms with van der Waals surface area (Å²) in [7, 11) is 0. The van der Waals surface area contributed by atoms with Crippen molar-refractivity contribution in [1.82, 2.24) is 0 Å². The molecule has 0 fully saturated rings. The van der Waals surface area contributed by atoms with Crippen LogP contribution in [-0.2, 0) is 9.63 Å². The molecule has 106 valence electrons. The van der Waals surface area contributed by atoms with E-state index in [2.05, 4.69) is 21.1 Å². The molecular weight excluding hydrogens is 330 g/mol. The molecule has 2 aliphatic heterocycles. The number of benzene rings is 1. The van der Waals surface area contributed by atoms with Crippen molar-refractivity contribution < 1.29 is 24.2 Å². The lowest BCUT2D eigenvalue weighted by Crippen LogP contribution is -2.35. The quantitative estimate of drug-likeness (QED) is 0.892. The van der Waals surface area contributed by atoms with Crippen molar-refractivity contribution in [2.24, 2.45) is 5.16 Å². The van der Waals surface area contributed by atoms with Gasteiger partial charge < -0.3 is 19.4 Å². The number of oxime groups is 1. The first-order valence-electron chi connectivity index (χ1n) is 6.07. The Morgan fingerprint density at radius 1 is 1.40 bits per heavy atom. The first-order chi connectivity index (χ1) is 9.49. The molecule has 0 bridgehead atoms. The summed E-state index contributed by atoms with van der Waals surface area (Å²) < 4.78 is 11.8. The maximum absolute atomic E-state index is 11.1. The Balaban J connectivity index is 1.93. The van der Waals surface area contributed by atoms with Crippen LogP contribution in [0.25, 0.3) is 0 Å². The zero-order chi connectivity index (χ0) is 14.3. The number of hydrogen-bond donors (Lipinski definition) is 1. The minimum Gasteiger partial charge on any atom is -0.486 e. The second kappa shape index (κ2) is 4.66. The lowest BCUT2D eigenvalue weighted by atomic mass is 9.96. The number of hydrogen-bond acceptors (Lipinski definition) is 5. The molecule has 1 aromatic rings. The fraction of sp³-hybridized carbons (Fsp3) is 0.385. The van der Waals surface area contributed by atoms with Crippen LogP contribution < -0.4 is 9.47 Å². The van der Waals surface area contributed by atoms with Gasteiger partial charge in [0, 0.05) is 12.0 Å². The fourth-order valence-electron chi connectivity index (χ4n) is 2.09. The molecule has 1 atom stereocenters. The molecule has 0 amide bonds. The van der Waals surface area contributed by atoms with Gasteiger partial charge in [-0.1, -0.05) is 5.16 Å². The van der Waals surface area contributed by atoms with Crippen molar-refractivity contribution in [2.45, 2.75) is 18.9 Å². The first kappa shape index (κ1) is 13.2. The summed E-state index contributed by atoms with van der Waals surface area (Å²) >= 11 is 3.42. The Kier molecular flexibility index (Phi) is 3.08. The van der Waals surface area contributed by atoms with Crippen molar-refractivity contribution in [3.8, 4) is 11.5 Å². The summed E-state index contributed by atoms with van der Waals surface area (Å²) in [4.78, 5) is 16.2. The van der Waals surface area contributed by atoms with Crippen molar-refractivity contribution in [1.29, 1.82) is 0 Å². The Morgan fingerprint density at radius 3 is 2.85 bits per heavy atom. The third-order valence-corrected chi connectivity index (χ3v) is 3.83. The molecular formula is C13H12BrNO5. The van der Waals surface area contributed by atoms with E-state index < -0.39 is 11.6 Å². The van der Waals surface area contributed by atoms with E-state index in [1.165, 1.54) is 6.92 Å². The van der Waals surface area contributed by atoms with Gasteiger partial charge in [-0.15, -0.1) is 0 Å². The van der Waals surface area contributed by atoms with Crippen molar-refractivity contribution in [2.75, 3.05) is 13.2 Å². The molecule has 2 aliphatic rings. The summed E-state index contributed by atoms with van der Waals surface area (Å²) in [6.07, 6.45) is 0.203. The fourth-order valence-corrected chi connectivity index (χ4v) is 2.64. The second-order valence-corrected chi connectivity index (χ2v) is 5.68. The number of nitrogens with zero attached hydrogens (tertiary/aromatic N) is 1. The van der Waals surface area contributed by atoms with Gasteiger partial charge in [0.1, 0.15) is 13.2 Å². The third-order valence-electron chi connectivity index (χ3n) is 3.24. The van der Waals surface area contributed by atoms with Crippen LogP contribution in [0, 0.1) is 0 Å². The predicted molar refractivity (Wildman–Crippen MR) is 73.4 cm³/mol. The highest BCUT2D eigenvalue weighted by Gasteiger charge is 2.42. The lowest BCUT2D eigenvalue weighted by molar-refractivity contribution is -0.160. The van der Waals surface area contributed by atoms with E-state index in [1.807, 2.05) is 6.07 Å². The molecule has 7 heteroatoms. The van der Waals surface area contributed by atoms with Crippen LogP contribution in [-0.4, -0.2) is 35.6 Å². The van der Waals surface area contributed by atoms with E-state index in [-0.39, 0.29) is 6.42 Å². The SMILES string of the molecule is CC1(C(=O)O)CC(c2cc(Br)c3c(c2)OCCO3)=NO1. The van der Waals surface area contributed by atoms with Crippen LogP contribution >= 0.6 is 15.9 Å². The van der Waals surface area contributed by atoms with Crippen molar-refractivity contribution >= 4 is 27.6 Å². The van der Waals surface area contributed by atoms with E-state index in [9.17, 15) is 4.79 Å². The number of aliphatic carboxylic acids is 1. The molecule has 3 rings (SSSR count). The number of carbonyl (C=O) groups is 1. The summed E-state index contributed by atoms with van der Waals surface area (Å²) in [6, 6.07) is 3.61. The molecule has 0 aromatic heterocycles. The first-order valence-corrected chi connectivity index (χ1v) is 6.87. The molecule has 20 heavy (non-hydrogen) atoms. The third kappa shape index (κ3) is 2.11. The Hall–Kier alpha value is -1.76. The molecule has 1 N–H and O–H groups in total. The van der Waals surface area contributed by atoms with Crippen LogP contribution in [0.4, 0.5) is 0 Å². The van der Waals surface area contributed by atoms with E-state index >= 15 is 0 Å². The van der Waals surface area contributed by atoms with Gasteiger partial charge in [0.2, 0.25) is 5.60 Å². The summed E-state index contributed by atoms with van der Waals surface area (Å²) in [5.41, 5.74) is 0.0217. The van der Waals surface area contributed by atoms with Crippen LogP contribution in [0.5, 0.6) is 11.5 Å². The molecule has 0 radical (unpaired) electrons. The highest BCUT2D eigenvalue weighted by Crippen LogP contribution is 2.40. The Bertz CT molecular complexity index is 615. The molecule has 0 spiro atoms. The Labute approximate surface area is 123 Å². The van der Waals surface area contributed by atoms with Crippen LogP contribution in [0.15, 0.2) is 21.8 Å². The van der Waals surface area contributed by atoms with E-state index in [0.717, 1.165) is 10.0 Å². The Morgan fingerprint density at radius 2 is 2.15 bits per heavy atom. The number of halogens is 1. The number of carboxylic acids is 1. The van der Waals surface area contributed by atoms with Crippen LogP contribution in [0.1, 0.15) is 18.9 Å². The van der Waals surface area contributed by atoms with Crippen molar-refractivity contribution in [3.63, 3.8) is 0 Å². The van der Waals surface area contributed by atoms with Crippen LogP contribution in [0.3, 0.4) is 0 Å². The number of carboxylic acid groups (broad SMARTS) is 1. The molecule has 1 aromatic carbocycles. The molecule has 2 heterocycles. The van der Waals surface area contributed by atoms with Gasteiger partial charge in [-0.25, -0.2) is 4.79 Å². The molecule has 1 unspecified atom stereocenters. The highest BCUT2D eigenvalue weighted by molar-refractivity contribution is 9.10. The van der Waals surface area contributed by atoms with Gasteiger partial charge >= 0.3 is 5.97 Å². The minimum atomic E-state index is -1.31. The van der Waals surface area contributed by atoms with Gasteiger partial charge in [0.25, 0.3) is 0 Å². The average Bonchev–Trinajstić information content (AvgIpc) is 2.83. The summed E-state index contributed by atoms with van der Waals surface area (Å²) in [5.74, 6) is 0.237. The topological polar surface area (TPSA) is 77.4 Å². The minimum absolute atomic E-state index is 0.203. The maximum atomic E-state index is 11.1. The van der Waals surface area contributed by atoms with Gasteiger partial charge in [0.05, 0.1) is 10.2 Å². The van der Waals surface area contributed by atoms with Gasteiger partial charge in [0.15, 0.2) is 11.5 Å². The normalized spacial score (nSPS) is 24.0. The van der Waals surface area contributed by atoms with Gasteiger partial charge in [-0.05, 0) is 35.0 Å². The highest BCUT2D eigenvalue weighted by atomic mass is 79.9. The van der Waals surface area contributed by atoms with Gasteiger partial charge in [-0.3, -0.25) is 0 Å².